The summed E-state index contributed by atoms with van der Waals surface area (Å²) in [6, 6.07) is 17.0. The van der Waals surface area contributed by atoms with Crippen molar-refractivity contribution in [2.45, 2.75) is 38.5 Å². The Bertz CT molecular complexity index is 1440. The van der Waals surface area contributed by atoms with Crippen molar-refractivity contribution in [1.82, 2.24) is 24.1 Å². The zero-order valence-corrected chi connectivity index (χ0v) is 21.2. The van der Waals surface area contributed by atoms with Crippen LogP contribution >= 0.6 is 0 Å². The number of hydrogen-bond donors (Lipinski definition) is 0. The van der Waals surface area contributed by atoms with Gasteiger partial charge in [0.05, 0.1) is 21.7 Å². The van der Waals surface area contributed by atoms with Gasteiger partial charge in [-0.3, -0.25) is 0 Å². The van der Waals surface area contributed by atoms with E-state index in [2.05, 4.69) is 11.8 Å². The third kappa shape index (κ3) is 4.41. The van der Waals surface area contributed by atoms with Crippen LogP contribution in [-0.2, 0) is 16.4 Å². The molecule has 0 atom stereocenters. The molecule has 182 valence electrons. The lowest BCUT2D eigenvalue weighted by atomic mass is 10.2. The lowest BCUT2D eigenvalue weighted by Gasteiger charge is -2.35. The standard InChI is InChI=1S/C26H30N6O2S/c1-4-8-23-27-25(24-20(3)29-32(26(24)28-23)21-9-6-5-7-10-21)30-15-17-31(18-16-30)35(33,34)22-13-11-19(2)12-14-22/h5-7,9-14H,4,8,15-18H2,1-3H3. The van der Waals surface area contributed by atoms with E-state index in [4.69, 9.17) is 15.1 Å². The van der Waals surface area contributed by atoms with Crippen LogP contribution in [-0.4, -0.2) is 58.7 Å². The quantitative estimate of drug-likeness (QED) is 0.408. The van der Waals surface area contributed by atoms with Crippen molar-refractivity contribution in [2.24, 2.45) is 0 Å². The first kappa shape index (κ1) is 23.4. The van der Waals surface area contributed by atoms with Gasteiger partial charge >= 0.3 is 0 Å². The Hall–Kier alpha value is -3.30. The van der Waals surface area contributed by atoms with Gasteiger partial charge in [0.25, 0.3) is 0 Å². The van der Waals surface area contributed by atoms with E-state index >= 15 is 0 Å². The highest BCUT2D eigenvalue weighted by molar-refractivity contribution is 7.89. The van der Waals surface area contributed by atoms with Crippen LogP contribution in [0.3, 0.4) is 0 Å². The number of sulfonamides is 1. The van der Waals surface area contributed by atoms with E-state index in [-0.39, 0.29) is 0 Å². The average Bonchev–Trinajstić information content (AvgIpc) is 3.21. The van der Waals surface area contributed by atoms with Gasteiger partial charge in [-0.25, -0.2) is 23.1 Å². The summed E-state index contributed by atoms with van der Waals surface area (Å²) in [7, 11) is -3.53. The first-order valence-corrected chi connectivity index (χ1v) is 13.5. The van der Waals surface area contributed by atoms with E-state index in [1.54, 1.807) is 16.4 Å². The number of aryl methyl sites for hydroxylation is 3. The largest absolute Gasteiger partial charge is 0.353 e. The molecular formula is C26H30N6O2S. The molecule has 0 unspecified atom stereocenters. The molecule has 5 rings (SSSR count). The summed E-state index contributed by atoms with van der Waals surface area (Å²) in [4.78, 5) is 12.3. The Kier molecular flexibility index (Phi) is 6.29. The van der Waals surface area contributed by atoms with Crippen LogP contribution in [0.5, 0.6) is 0 Å². The van der Waals surface area contributed by atoms with Crippen molar-refractivity contribution in [2.75, 3.05) is 31.1 Å². The molecule has 1 aliphatic rings. The van der Waals surface area contributed by atoms with Gasteiger partial charge in [-0.2, -0.15) is 9.40 Å². The molecule has 1 fully saturated rings. The highest BCUT2D eigenvalue weighted by Gasteiger charge is 2.30. The molecule has 0 saturated carbocycles. The van der Waals surface area contributed by atoms with Crippen molar-refractivity contribution >= 4 is 26.9 Å². The van der Waals surface area contributed by atoms with E-state index in [0.717, 1.165) is 52.5 Å². The average molecular weight is 491 g/mol. The van der Waals surface area contributed by atoms with E-state index < -0.39 is 10.0 Å². The number of aromatic nitrogens is 4. The highest BCUT2D eigenvalue weighted by Crippen LogP contribution is 2.30. The van der Waals surface area contributed by atoms with E-state index in [1.807, 2.05) is 61.0 Å². The molecular weight excluding hydrogens is 460 g/mol. The maximum atomic E-state index is 13.2. The summed E-state index contributed by atoms with van der Waals surface area (Å²) in [6.45, 7) is 7.95. The SMILES string of the molecule is CCCc1nc(N2CCN(S(=O)(=O)c3ccc(C)cc3)CC2)c2c(C)nn(-c3ccccc3)c2n1. The number of benzene rings is 2. The number of rotatable bonds is 6. The van der Waals surface area contributed by atoms with Gasteiger partial charge in [-0.1, -0.05) is 42.8 Å². The minimum absolute atomic E-state index is 0.339. The van der Waals surface area contributed by atoms with Crippen LogP contribution in [0.4, 0.5) is 5.82 Å². The van der Waals surface area contributed by atoms with E-state index in [0.29, 0.717) is 31.1 Å². The number of fused-ring (bicyclic) bond motifs is 1. The summed E-state index contributed by atoms with van der Waals surface area (Å²) < 4.78 is 29.8. The van der Waals surface area contributed by atoms with Gasteiger partial charge in [0.1, 0.15) is 11.6 Å². The second-order valence-electron chi connectivity index (χ2n) is 8.95. The fourth-order valence-corrected chi connectivity index (χ4v) is 5.94. The number of anilines is 1. The Labute approximate surface area is 206 Å². The number of nitrogens with zero attached hydrogens (tertiary/aromatic N) is 6. The van der Waals surface area contributed by atoms with E-state index in [9.17, 15) is 8.42 Å². The first-order valence-electron chi connectivity index (χ1n) is 12.0. The molecule has 0 aliphatic carbocycles. The molecule has 0 amide bonds. The van der Waals surface area contributed by atoms with Crippen molar-refractivity contribution in [3.05, 3.63) is 71.7 Å². The Morgan fingerprint density at radius 1 is 0.886 bits per heavy atom. The van der Waals surface area contributed by atoms with Crippen LogP contribution in [0.2, 0.25) is 0 Å². The van der Waals surface area contributed by atoms with Crippen molar-refractivity contribution in [3.8, 4) is 5.69 Å². The summed E-state index contributed by atoms with van der Waals surface area (Å²) in [6.07, 6.45) is 1.70. The zero-order chi connectivity index (χ0) is 24.6. The van der Waals surface area contributed by atoms with E-state index in [1.165, 1.54) is 0 Å². The molecule has 1 saturated heterocycles. The van der Waals surface area contributed by atoms with Gasteiger partial charge < -0.3 is 4.90 Å². The summed E-state index contributed by atoms with van der Waals surface area (Å²) in [5.41, 5.74) is 3.64. The topological polar surface area (TPSA) is 84.2 Å². The smallest absolute Gasteiger partial charge is 0.243 e. The normalized spacial score (nSPS) is 15.1. The molecule has 35 heavy (non-hydrogen) atoms. The van der Waals surface area contributed by atoms with Crippen LogP contribution < -0.4 is 4.90 Å². The number of piperazine rings is 1. The highest BCUT2D eigenvalue weighted by atomic mass is 32.2. The summed E-state index contributed by atoms with van der Waals surface area (Å²) >= 11 is 0. The van der Waals surface area contributed by atoms with Crippen LogP contribution in [0.1, 0.15) is 30.4 Å². The zero-order valence-electron chi connectivity index (χ0n) is 20.3. The lowest BCUT2D eigenvalue weighted by Crippen LogP contribution is -2.49. The second kappa shape index (κ2) is 9.39. The van der Waals surface area contributed by atoms with Gasteiger partial charge in [-0.15, -0.1) is 0 Å². The molecule has 0 radical (unpaired) electrons. The minimum atomic E-state index is -3.53. The van der Waals surface area contributed by atoms with Crippen LogP contribution in [0.15, 0.2) is 59.5 Å². The minimum Gasteiger partial charge on any atom is -0.353 e. The Balaban J connectivity index is 1.48. The molecule has 2 aromatic heterocycles. The molecule has 8 nitrogen and oxygen atoms in total. The second-order valence-corrected chi connectivity index (χ2v) is 10.9. The predicted octanol–water partition coefficient (Wildman–Crippen LogP) is 3.90. The van der Waals surface area contributed by atoms with Gasteiger partial charge in [-0.05, 0) is 44.5 Å². The van der Waals surface area contributed by atoms with Crippen LogP contribution in [0, 0.1) is 13.8 Å². The fraction of sp³-hybridized carbons (Fsp3) is 0.346. The van der Waals surface area contributed by atoms with Gasteiger partial charge in [0.15, 0.2) is 5.65 Å². The fourth-order valence-electron chi connectivity index (χ4n) is 4.52. The molecule has 2 aromatic carbocycles. The molecule has 1 aliphatic heterocycles. The maximum absolute atomic E-state index is 13.2. The predicted molar refractivity (Wildman–Crippen MR) is 138 cm³/mol. The number of para-hydroxylation sites is 1. The third-order valence-corrected chi connectivity index (χ3v) is 8.31. The lowest BCUT2D eigenvalue weighted by molar-refractivity contribution is 0.384. The van der Waals surface area contributed by atoms with Gasteiger partial charge in [0, 0.05) is 32.6 Å². The van der Waals surface area contributed by atoms with Crippen molar-refractivity contribution < 1.29 is 8.42 Å². The van der Waals surface area contributed by atoms with Crippen molar-refractivity contribution in [3.63, 3.8) is 0 Å². The summed E-state index contributed by atoms with van der Waals surface area (Å²) in [5.74, 6) is 1.62. The summed E-state index contributed by atoms with van der Waals surface area (Å²) in [5, 5.41) is 5.72. The molecule has 9 heteroatoms. The van der Waals surface area contributed by atoms with Gasteiger partial charge in [0.2, 0.25) is 10.0 Å². The third-order valence-electron chi connectivity index (χ3n) is 6.40. The maximum Gasteiger partial charge on any atom is 0.243 e. The first-order chi connectivity index (χ1) is 16.9. The Morgan fingerprint density at radius 3 is 2.23 bits per heavy atom. The monoisotopic (exact) mass is 490 g/mol. The Morgan fingerprint density at radius 2 is 1.57 bits per heavy atom. The molecule has 3 heterocycles. The molecule has 0 spiro atoms. The van der Waals surface area contributed by atoms with Crippen molar-refractivity contribution in [1.29, 1.82) is 0 Å². The van der Waals surface area contributed by atoms with Crippen LogP contribution in [0.25, 0.3) is 16.7 Å². The number of hydrogen-bond acceptors (Lipinski definition) is 6. The molecule has 0 bridgehead atoms. The molecule has 4 aromatic rings. The molecule has 0 N–H and O–H groups in total.